The van der Waals surface area contributed by atoms with E-state index in [1.807, 2.05) is 34.6 Å². The molecule has 0 aromatic carbocycles. The normalized spacial score (nSPS) is 27.9. The molecule has 0 heterocycles. The Hall–Kier alpha value is -0.660. The number of hydrogen-bond acceptors (Lipinski definition) is 2. The molecule has 0 aliphatic heterocycles. The fourth-order valence-electron chi connectivity index (χ4n) is 2.12. The maximum absolute atomic E-state index is 12.1. The van der Waals surface area contributed by atoms with Gasteiger partial charge in [0.15, 0.2) is 0 Å². The molecule has 1 unspecified atom stereocenters. The van der Waals surface area contributed by atoms with Crippen molar-refractivity contribution in [1.82, 2.24) is 0 Å². The largest absolute Gasteiger partial charge is 0.299 e. The van der Waals surface area contributed by atoms with Crippen molar-refractivity contribution in [2.75, 3.05) is 0 Å². The monoisotopic (exact) mass is 196 g/mol. The predicted octanol–water partition coefficient (Wildman–Crippen LogP) is 2.61. The summed E-state index contributed by atoms with van der Waals surface area (Å²) in [6, 6.07) is 0. The molecular weight excluding hydrogens is 176 g/mol. The van der Waals surface area contributed by atoms with Gasteiger partial charge in [-0.25, -0.2) is 0 Å². The molecule has 0 aromatic heterocycles. The number of carbonyl (C=O) groups is 2. The summed E-state index contributed by atoms with van der Waals surface area (Å²) in [6.07, 6.45) is 1.26. The van der Waals surface area contributed by atoms with Crippen LogP contribution < -0.4 is 0 Å². The number of ketones is 2. The first kappa shape index (κ1) is 11.4. The number of Topliss-reactive ketones (excluding diaryl/α,β-unsaturated/α-hetero) is 2. The average Bonchev–Trinajstić information content (AvgIpc) is 1.96. The van der Waals surface area contributed by atoms with E-state index < -0.39 is 5.92 Å². The van der Waals surface area contributed by atoms with Gasteiger partial charge in [-0.15, -0.1) is 0 Å². The highest BCUT2D eigenvalue weighted by atomic mass is 16.2. The first-order valence-corrected chi connectivity index (χ1v) is 5.23. The van der Waals surface area contributed by atoms with E-state index in [4.69, 9.17) is 0 Å². The fourth-order valence-corrected chi connectivity index (χ4v) is 2.12. The summed E-state index contributed by atoms with van der Waals surface area (Å²) in [5, 5.41) is 0. The van der Waals surface area contributed by atoms with Gasteiger partial charge < -0.3 is 0 Å². The van der Waals surface area contributed by atoms with E-state index in [0.717, 1.165) is 0 Å². The Morgan fingerprint density at radius 3 is 2.07 bits per heavy atom. The molecule has 0 bridgehead atoms. The van der Waals surface area contributed by atoms with Crippen LogP contribution in [-0.4, -0.2) is 11.6 Å². The van der Waals surface area contributed by atoms with E-state index in [0.29, 0.717) is 12.8 Å². The molecule has 1 atom stereocenters. The molecule has 1 aliphatic carbocycles. The van der Waals surface area contributed by atoms with Gasteiger partial charge in [-0.05, 0) is 11.8 Å². The summed E-state index contributed by atoms with van der Waals surface area (Å²) < 4.78 is 0. The molecule has 0 N–H and O–H groups in total. The van der Waals surface area contributed by atoms with Gasteiger partial charge in [-0.2, -0.15) is 0 Å². The van der Waals surface area contributed by atoms with Crippen LogP contribution >= 0.6 is 0 Å². The molecule has 1 rings (SSSR count). The highest BCUT2D eigenvalue weighted by Gasteiger charge is 2.47. The van der Waals surface area contributed by atoms with E-state index in [1.165, 1.54) is 0 Å². The minimum Gasteiger partial charge on any atom is -0.299 e. The number of hydrogen-bond donors (Lipinski definition) is 0. The van der Waals surface area contributed by atoms with Crippen LogP contribution in [0.4, 0.5) is 0 Å². The van der Waals surface area contributed by atoms with Crippen LogP contribution in [0.25, 0.3) is 0 Å². The lowest BCUT2D eigenvalue weighted by atomic mass is 9.62. The summed E-state index contributed by atoms with van der Waals surface area (Å²) in [7, 11) is 0. The van der Waals surface area contributed by atoms with Crippen LogP contribution in [0.3, 0.4) is 0 Å². The smallest absolute Gasteiger partial charge is 0.149 e. The Kier molecular flexibility index (Phi) is 2.59. The van der Waals surface area contributed by atoms with E-state index in [2.05, 4.69) is 0 Å². The van der Waals surface area contributed by atoms with Gasteiger partial charge in [0.05, 0.1) is 5.92 Å². The van der Waals surface area contributed by atoms with E-state index >= 15 is 0 Å². The van der Waals surface area contributed by atoms with Crippen molar-refractivity contribution < 1.29 is 9.59 Å². The summed E-state index contributed by atoms with van der Waals surface area (Å²) >= 11 is 0. The highest BCUT2D eigenvalue weighted by molar-refractivity contribution is 6.07. The maximum atomic E-state index is 12.1. The summed E-state index contributed by atoms with van der Waals surface area (Å²) in [6.45, 7) is 9.79. The lowest BCUT2D eigenvalue weighted by Crippen LogP contribution is -2.46. The SMILES string of the molecule is CC1(C)CCC(=O)C(C(C)(C)C)C1=O. The average molecular weight is 196 g/mol. The van der Waals surface area contributed by atoms with Crippen molar-refractivity contribution >= 4 is 11.6 Å². The molecule has 1 aliphatic rings. The lowest BCUT2D eigenvalue weighted by molar-refractivity contribution is -0.147. The van der Waals surface area contributed by atoms with Gasteiger partial charge in [0, 0.05) is 11.8 Å². The topological polar surface area (TPSA) is 34.1 Å². The zero-order chi connectivity index (χ0) is 11.1. The molecule has 80 valence electrons. The van der Waals surface area contributed by atoms with Crippen LogP contribution in [0.15, 0.2) is 0 Å². The Morgan fingerprint density at radius 2 is 1.71 bits per heavy atom. The zero-order valence-electron chi connectivity index (χ0n) is 9.81. The first-order valence-electron chi connectivity index (χ1n) is 5.23. The molecule has 14 heavy (non-hydrogen) atoms. The zero-order valence-corrected chi connectivity index (χ0v) is 9.81. The van der Waals surface area contributed by atoms with Gasteiger partial charge in [-0.1, -0.05) is 34.6 Å². The van der Waals surface area contributed by atoms with Crippen LogP contribution in [0.2, 0.25) is 0 Å². The van der Waals surface area contributed by atoms with E-state index in [1.54, 1.807) is 0 Å². The molecule has 0 saturated heterocycles. The molecule has 1 fully saturated rings. The van der Waals surface area contributed by atoms with Crippen molar-refractivity contribution in [3.8, 4) is 0 Å². The summed E-state index contributed by atoms with van der Waals surface area (Å²) in [5.41, 5.74) is -0.544. The van der Waals surface area contributed by atoms with Crippen LogP contribution in [-0.2, 0) is 9.59 Å². The van der Waals surface area contributed by atoms with Gasteiger partial charge >= 0.3 is 0 Å². The van der Waals surface area contributed by atoms with Crippen LogP contribution in [0.1, 0.15) is 47.5 Å². The molecule has 2 nitrogen and oxygen atoms in total. The molecule has 2 heteroatoms. The Bertz CT molecular complexity index is 269. The van der Waals surface area contributed by atoms with Crippen molar-refractivity contribution in [3.63, 3.8) is 0 Å². The number of carbonyl (C=O) groups excluding carboxylic acids is 2. The molecule has 0 amide bonds. The van der Waals surface area contributed by atoms with Crippen molar-refractivity contribution in [2.45, 2.75) is 47.5 Å². The van der Waals surface area contributed by atoms with E-state index in [-0.39, 0.29) is 22.4 Å². The third-order valence-corrected chi connectivity index (χ3v) is 3.11. The second kappa shape index (κ2) is 3.18. The minimum atomic E-state index is -0.397. The number of rotatable bonds is 0. The predicted molar refractivity (Wildman–Crippen MR) is 56.0 cm³/mol. The second-order valence-corrected chi connectivity index (χ2v) is 6.01. The first-order chi connectivity index (χ1) is 6.16. The highest BCUT2D eigenvalue weighted by Crippen LogP contribution is 2.41. The third kappa shape index (κ3) is 1.89. The van der Waals surface area contributed by atoms with Crippen molar-refractivity contribution in [3.05, 3.63) is 0 Å². The fraction of sp³-hybridized carbons (Fsp3) is 0.833. The van der Waals surface area contributed by atoms with Crippen LogP contribution in [0.5, 0.6) is 0 Å². The molecule has 0 spiro atoms. The van der Waals surface area contributed by atoms with Gasteiger partial charge in [0.25, 0.3) is 0 Å². The van der Waals surface area contributed by atoms with E-state index in [9.17, 15) is 9.59 Å². The van der Waals surface area contributed by atoms with Gasteiger partial charge in [0.1, 0.15) is 11.6 Å². The Labute approximate surface area is 86.1 Å². The second-order valence-electron chi connectivity index (χ2n) is 6.01. The quantitative estimate of drug-likeness (QED) is 0.558. The summed E-state index contributed by atoms with van der Waals surface area (Å²) in [4.78, 5) is 23.8. The van der Waals surface area contributed by atoms with Gasteiger partial charge in [-0.3, -0.25) is 9.59 Å². The van der Waals surface area contributed by atoms with Crippen LogP contribution in [0, 0.1) is 16.7 Å². The summed E-state index contributed by atoms with van der Waals surface area (Å²) in [5.74, 6) is -0.144. The molecule has 1 saturated carbocycles. The third-order valence-electron chi connectivity index (χ3n) is 3.11. The standard InChI is InChI=1S/C12H20O2/c1-11(2,3)9-8(13)6-7-12(4,5)10(9)14/h9H,6-7H2,1-5H3. The van der Waals surface area contributed by atoms with Crippen molar-refractivity contribution in [2.24, 2.45) is 16.7 Å². The molecule has 0 aromatic rings. The Morgan fingerprint density at radius 1 is 1.21 bits per heavy atom. The Balaban J connectivity index is 3.03. The minimum absolute atomic E-state index is 0.126. The molecule has 0 radical (unpaired) electrons. The van der Waals surface area contributed by atoms with Gasteiger partial charge in [0.2, 0.25) is 0 Å². The van der Waals surface area contributed by atoms with Crippen molar-refractivity contribution in [1.29, 1.82) is 0 Å². The lowest BCUT2D eigenvalue weighted by Gasteiger charge is -2.38. The molecular formula is C12H20O2. The maximum Gasteiger partial charge on any atom is 0.149 e.